The molecule has 3 aromatic carbocycles. The molecule has 0 bridgehead atoms. The number of thioether (sulfide) groups is 1. The van der Waals surface area contributed by atoms with Gasteiger partial charge in [0.05, 0.1) is 21.6 Å². The number of hydrogen-bond donors (Lipinski definition) is 1. The molecule has 0 saturated carbocycles. The van der Waals surface area contributed by atoms with Crippen LogP contribution in [0.15, 0.2) is 77.9 Å². The maximum Gasteiger partial charge on any atom is 0.241 e. The highest BCUT2D eigenvalue weighted by Gasteiger charge is 2.51. The normalized spacial score (nSPS) is 17.3. The van der Waals surface area contributed by atoms with E-state index in [4.69, 9.17) is 28.2 Å². The van der Waals surface area contributed by atoms with Gasteiger partial charge in [-0.2, -0.15) is 10.5 Å². The Hall–Kier alpha value is -2.95. The van der Waals surface area contributed by atoms with Crippen LogP contribution in [0.4, 0.5) is 16.5 Å². The van der Waals surface area contributed by atoms with E-state index in [1.54, 1.807) is 41.4 Å². The number of ketones is 2. The van der Waals surface area contributed by atoms with Crippen molar-refractivity contribution in [2.45, 2.75) is 18.8 Å². The molecular formula is C25H19Cl2N5O2S2. The predicted octanol–water partition coefficient (Wildman–Crippen LogP) is 6.64. The van der Waals surface area contributed by atoms with Crippen LogP contribution in [0.5, 0.6) is 0 Å². The average Bonchev–Trinajstić information content (AvgIpc) is 3.45. The lowest BCUT2D eigenvalue weighted by Gasteiger charge is -2.39. The summed E-state index contributed by atoms with van der Waals surface area (Å²) >= 11 is 15.1. The summed E-state index contributed by atoms with van der Waals surface area (Å²) in [7, 11) is 0. The first-order valence-electron chi connectivity index (χ1n) is 10.8. The number of aromatic nitrogens is 1. The molecule has 182 valence electrons. The molecule has 1 N–H and O–H groups in total. The number of thiazole rings is 1. The molecule has 0 spiro atoms. The summed E-state index contributed by atoms with van der Waals surface area (Å²) < 4.78 is 0.977. The van der Waals surface area contributed by atoms with Gasteiger partial charge < -0.3 is 0 Å². The zero-order chi connectivity index (χ0) is 25.4. The van der Waals surface area contributed by atoms with Gasteiger partial charge in [0.15, 0.2) is 16.6 Å². The van der Waals surface area contributed by atoms with Crippen molar-refractivity contribution in [2.75, 3.05) is 10.0 Å². The molecule has 1 aromatic heterocycles. The number of nitrogens with one attached hydrogen (secondary N) is 1. The molecule has 11 heteroatoms. The Labute approximate surface area is 225 Å². The van der Waals surface area contributed by atoms with Crippen LogP contribution in [0.2, 0.25) is 10.0 Å². The summed E-state index contributed by atoms with van der Waals surface area (Å²) in [5.74, 6) is -0.535. The number of benzene rings is 3. The van der Waals surface area contributed by atoms with E-state index in [1.165, 1.54) is 30.2 Å². The van der Waals surface area contributed by atoms with Gasteiger partial charge in [-0.25, -0.2) is 15.0 Å². The molecule has 0 aliphatic carbocycles. The van der Waals surface area contributed by atoms with E-state index in [1.807, 2.05) is 36.4 Å². The second kappa shape index (κ2) is 9.84. The van der Waals surface area contributed by atoms with Crippen LogP contribution in [0.1, 0.15) is 13.8 Å². The number of hydrazone groups is 1. The first-order valence-corrected chi connectivity index (χ1v) is 13.2. The lowest BCUT2D eigenvalue weighted by Crippen LogP contribution is -2.62. The van der Waals surface area contributed by atoms with Crippen molar-refractivity contribution in [3.05, 3.63) is 82.8 Å². The number of fused-ring (bicyclic) bond motifs is 1. The fourth-order valence-electron chi connectivity index (χ4n) is 3.67. The number of Topliss-reactive ketones (excluding diaryl/α,β-unsaturated/α-hetero) is 2. The highest BCUT2D eigenvalue weighted by molar-refractivity contribution is 8.17. The van der Waals surface area contributed by atoms with E-state index in [0.717, 1.165) is 22.0 Å². The first kappa shape index (κ1) is 24.7. The van der Waals surface area contributed by atoms with Gasteiger partial charge in [-0.15, -0.1) is 0 Å². The van der Waals surface area contributed by atoms with Crippen molar-refractivity contribution in [1.82, 2.24) is 10.4 Å². The summed E-state index contributed by atoms with van der Waals surface area (Å²) in [4.78, 5) is 29.1. The number of carbonyl (C=O) groups excluding carboxylic acids is 2. The average molecular weight is 557 g/mol. The Morgan fingerprint density at radius 1 is 0.972 bits per heavy atom. The van der Waals surface area contributed by atoms with Crippen molar-refractivity contribution < 1.29 is 9.59 Å². The van der Waals surface area contributed by atoms with Crippen molar-refractivity contribution >= 4 is 89.6 Å². The number of hydrazine groups is 1. The number of hydrogen-bond acceptors (Lipinski definition) is 9. The summed E-state index contributed by atoms with van der Waals surface area (Å²) in [6.07, 6.45) is 0. The van der Waals surface area contributed by atoms with Crippen LogP contribution in [-0.2, 0) is 9.59 Å². The number of halogens is 2. The Morgan fingerprint density at radius 3 is 2.36 bits per heavy atom. The minimum Gasteiger partial charge on any atom is -0.295 e. The lowest BCUT2D eigenvalue weighted by molar-refractivity contribution is -0.120. The van der Waals surface area contributed by atoms with Crippen LogP contribution < -0.4 is 15.4 Å². The van der Waals surface area contributed by atoms with Crippen LogP contribution in [-0.4, -0.2) is 26.6 Å². The summed E-state index contributed by atoms with van der Waals surface area (Å²) in [5.41, 5.74) is 5.37. The van der Waals surface area contributed by atoms with Crippen molar-refractivity contribution in [3.8, 4) is 0 Å². The molecule has 2 heterocycles. The van der Waals surface area contributed by atoms with Gasteiger partial charge >= 0.3 is 0 Å². The minimum absolute atomic E-state index is 0.188. The van der Waals surface area contributed by atoms with E-state index < -0.39 is 4.99 Å². The van der Waals surface area contributed by atoms with Crippen LogP contribution in [0, 0.1) is 0 Å². The second-order valence-corrected chi connectivity index (χ2v) is 11.0. The lowest BCUT2D eigenvalue weighted by atomic mass is 10.2. The molecular weight excluding hydrogens is 537 g/mol. The van der Waals surface area contributed by atoms with Crippen LogP contribution in [0.3, 0.4) is 0 Å². The molecule has 0 radical (unpaired) electrons. The maximum atomic E-state index is 13.4. The molecule has 1 aliphatic rings. The Kier molecular flexibility index (Phi) is 6.76. The van der Waals surface area contributed by atoms with Gasteiger partial charge in [-0.05, 0) is 67.2 Å². The molecule has 0 amide bonds. The molecule has 1 aliphatic heterocycles. The molecule has 7 nitrogen and oxygen atoms in total. The Bertz CT molecular complexity index is 1490. The van der Waals surface area contributed by atoms with Gasteiger partial charge in [0, 0.05) is 17.0 Å². The number of rotatable bonds is 7. The molecule has 4 aromatic rings. The zero-order valence-electron chi connectivity index (χ0n) is 19.1. The van der Waals surface area contributed by atoms with Crippen molar-refractivity contribution in [3.63, 3.8) is 0 Å². The molecule has 5 rings (SSSR count). The fourth-order valence-corrected chi connectivity index (χ4v) is 6.05. The van der Waals surface area contributed by atoms with E-state index in [-0.39, 0.29) is 16.6 Å². The summed E-state index contributed by atoms with van der Waals surface area (Å²) in [6, 6.07) is 21.9. The van der Waals surface area contributed by atoms with E-state index in [9.17, 15) is 9.59 Å². The van der Waals surface area contributed by atoms with E-state index >= 15 is 0 Å². The minimum atomic E-state index is -1.51. The van der Waals surface area contributed by atoms with E-state index in [0.29, 0.717) is 26.6 Å². The Morgan fingerprint density at radius 2 is 1.69 bits per heavy atom. The second-order valence-electron chi connectivity index (χ2n) is 7.95. The van der Waals surface area contributed by atoms with Crippen LogP contribution in [0.25, 0.3) is 10.2 Å². The van der Waals surface area contributed by atoms with Gasteiger partial charge in [-0.1, -0.05) is 58.8 Å². The molecule has 0 unspecified atom stereocenters. The number of nitrogens with zero attached hydrogens (tertiary/aromatic N) is 4. The monoisotopic (exact) mass is 555 g/mol. The van der Waals surface area contributed by atoms with Gasteiger partial charge in [0.1, 0.15) is 0 Å². The maximum absolute atomic E-state index is 13.4. The standard InChI is InChI=1S/C25H19Cl2N5O2S2/c1-15(33)23-29-32(20-10-6-8-18(27)14-20)25(36-23,16(2)34)30-31(19-9-5-7-17(26)13-19)24-28-21-11-3-4-12-22(21)35-24/h3-14,30H,1-2H3/t25-/m1/s1. The smallest absolute Gasteiger partial charge is 0.241 e. The van der Waals surface area contributed by atoms with Gasteiger partial charge in [0.2, 0.25) is 10.1 Å². The number of carbonyl (C=O) groups is 2. The predicted molar refractivity (Wildman–Crippen MR) is 149 cm³/mol. The van der Waals surface area contributed by atoms with Crippen LogP contribution >= 0.6 is 46.3 Å². The van der Waals surface area contributed by atoms with Crippen molar-refractivity contribution in [2.24, 2.45) is 5.10 Å². The number of para-hydroxylation sites is 1. The summed E-state index contributed by atoms with van der Waals surface area (Å²) in [5, 5.41) is 9.49. The topological polar surface area (TPSA) is 77.9 Å². The third kappa shape index (κ3) is 4.60. The third-order valence-electron chi connectivity index (χ3n) is 5.37. The first-order chi connectivity index (χ1) is 17.3. The molecule has 36 heavy (non-hydrogen) atoms. The zero-order valence-corrected chi connectivity index (χ0v) is 22.3. The molecule has 0 saturated heterocycles. The quantitative estimate of drug-likeness (QED) is 0.256. The summed E-state index contributed by atoms with van der Waals surface area (Å²) in [6.45, 7) is 2.87. The fraction of sp³-hybridized carbons (Fsp3) is 0.120. The molecule has 1 atom stereocenters. The Balaban J connectivity index is 1.68. The van der Waals surface area contributed by atoms with E-state index in [2.05, 4.69) is 10.5 Å². The SMILES string of the molecule is CC(=O)C1=NN(c2cccc(Cl)c2)[C@](NN(c2cccc(Cl)c2)c2nc3ccccc3s2)(C(C)=O)S1. The van der Waals surface area contributed by atoms with Gasteiger partial charge in [-0.3, -0.25) is 9.59 Å². The van der Waals surface area contributed by atoms with Crippen molar-refractivity contribution in [1.29, 1.82) is 0 Å². The highest BCUT2D eigenvalue weighted by Crippen LogP contribution is 2.43. The highest BCUT2D eigenvalue weighted by atomic mass is 35.5. The third-order valence-corrected chi connectivity index (χ3v) is 8.27. The largest absolute Gasteiger partial charge is 0.295 e. The molecule has 0 fully saturated rings. The number of anilines is 3. The van der Waals surface area contributed by atoms with Gasteiger partial charge in [0.25, 0.3) is 0 Å².